The highest BCUT2D eigenvalue weighted by atomic mass is 15.0. The molecule has 23 heavy (non-hydrogen) atoms. The minimum atomic E-state index is 0.977. The van der Waals surface area contributed by atoms with Gasteiger partial charge >= 0.3 is 0 Å². The molecular formula is C21H18N2. The van der Waals surface area contributed by atoms with Crippen molar-refractivity contribution in [3.63, 3.8) is 0 Å². The second-order valence-corrected chi connectivity index (χ2v) is 5.98. The molecule has 0 fully saturated rings. The molecule has 0 aliphatic heterocycles. The molecule has 0 aliphatic rings. The SMILES string of the molecule is Cc1ccc(-c2nc3ccc(C)cn3c2-c2ccccc2)cc1. The summed E-state index contributed by atoms with van der Waals surface area (Å²) in [7, 11) is 0. The van der Waals surface area contributed by atoms with E-state index in [1.165, 1.54) is 16.7 Å². The summed E-state index contributed by atoms with van der Waals surface area (Å²) in [6.45, 7) is 4.22. The number of hydrogen-bond acceptors (Lipinski definition) is 1. The minimum absolute atomic E-state index is 0.977. The second kappa shape index (κ2) is 5.40. The Kier molecular flexibility index (Phi) is 3.23. The number of rotatable bonds is 2. The highest BCUT2D eigenvalue weighted by Crippen LogP contribution is 2.33. The van der Waals surface area contributed by atoms with Crippen LogP contribution in [-0.2, 0) is 0 Å². The van der Waals surface area contributed by atoms with E-state index in [9.17, 15) is 0 Å². The van der Waals surface area contributed by atoms with Gasteiger partial charge in [0.2, 0.25) is 0 Å². The molecule has 4 rings (SSSR count). The van der Waals surface area contributed by atoms with Gasteiger partial charge in [0.15, 0.2) is 0 Å². The van der Waals surface area contributed by atoms with Gasteiger partial charge < -0.3 is 0 Å². The van der Waals surface area contributed by atoms with Gasteiger partial charge in [-0.25, -0.2) is 4.98 Å². The third kappa shape index (κ3) is 2.42. The number of imidazole rings is 1. The molecule has 2 heteroatoms. The summed E-state index contributed by atoms with van der Waals surface area (Å²) in [5.41, 5.74) is 7.97. The molecule has 2 aromatic heterocycles. The van der Waals surface area contributed by atoms with Gasteiger partial charge in [-0.05, 0) is 25.5 Å². The standard InChI is InChI=1S/C21H18N2/c1-15-8-11-17(12-9-15)20-21(18-6-4-3-5-7-18)23-14-16(2)10-13-19(23)22-20/h3-14H,1-2H3. The average Bonchev–Trinajstić information content (AvgIpc) is 2.95. The van der Waals surface area contributed by atoms with Gasteiger partial charge in [0, 0.05) is 17.3 Å². The Labute approximate surface area is 136 Å². The van der Waals surface area contributed by atoms with Crippen molar-refractivity contribution in [1.29, 1.82) is 0 Å². The molecule has 0 atom stereocenters. The zero-order chi connectivity index (χ0) is 15.8. The maximum Gasteiger partial charge on any atom is 0.137 e. The number of nitrogens with zero attached hydrogens (tertiary/aromatic N) is 2. The Bertz CT molecular complexity index is 964. The topological polar surface area (TPSA) is 17.3 Å². The largest absolute Gasteiger partial charge is 0.299 e. The first-order chi connectivity index (χ1) is 11.2. The minimum Gasteiger partial charge on any atom is -0.299 e. The van der Waals surface area contributed by atoms with Crippen LogP contribution in [-0.4, -0.2) is 9.38 Å². The molecular weight excluding hydrogens is 280 g/mol. The van der Waals surface area contributed by atoms with E-state index in [1.54, 1.807) is 0 Å². The van der Waals surface area contributed by atoms with Crippen molar-refractivity contribution in [2.24, 2.45) is 0 Å². The van der Waals surface area contributed by atoms with E-state index in [0.29, 0.717) is 0 Å². The van der Waals surface area contributed by atoms with Gasteiger partial charge in [-0.2, -0.15) is 0 Å². The van der Waals surface area contributed by atoms with E-state index in [-0.39, 0.29) is 0 Å². The van der Waals surface area contributed by atoms with Crippen LogP contribution in [0.2, 0.25) is 0 Å². The number of pyridine rings is 1. The van der Waals surface area contributed by atoms with Crippen LogP contribution in [0, 0.1) is 13.8 Å². The summed E-state index contributed by atoms with van der Waals surface area (Å²) in [6, 6.07) is 23.2. The smallest absolute Gasteiger partial charge is 0.137 e. The molecule has 2 heterocycles. The lowest BCUT2D eigenvalue weighted by Crippen LogP contribution is -1.90. The monoisotopic (exact) mass is 298 g/mol. The maximum atomic E-state index is 4.89. The molecule has 2 nitrogen and oxygen atoms in total. The molecule has 0 radical (unpaired) electrons. The van der Waals surface area contributed by atoms with Crippen molar-refractivity contribution >= 4 is 5.65 Å². The lowest BCUT2D eigenvalue weighted by molar-refractivity contribution is 1.16. The number of hydrogen-bond donors (Lipinski definition) is 0. The van der Waals surface area contributed by atoms with Crippen LogP contribution in [0.4, 0.5) is 0 Å². The Hall–Kier alpha value is -2.87. The molecule has 0 aliphatic carbocycles. The van der Waals surface area contributed by atoms with Crippen molar-refractivity contribution in [2.75, 3.05) is 0 Å². The fourth-order valence-electron chi connectivity index (χ4n) is 2.94. The van der Waals surface area contributed by atoms with Crippen LogP contribution in [0.25, 0.3) is 28.2 Å². The fourth-order valence-corrected chi connectivity index (χ4v) is 2.94. The first kappa shape index (κ1) is 13.8. The van der Waals surface area contributed by atoms with E-state index in [4.69, 9.17) is 4.98 Å². The van der Waals surface area contributed by atoms with Crippen LogP contribution in [0.3, 0.4) is 0 Å². The summed E-state index contributed by atoms with van der Waals surface area (Å²) >= 11 is 0. The molecule has 4 aromatic rings. The number of benzene rings is 2. The van der Waals surface area contributed by atoms with Gasteiger partial charge in [-0.15, -0.1) is 0 Å². The van der Waals surface area contributed by atoms with Crippen molar-refractivity contribution in [1.82, 2.24) is 9.38 Å². The summed E-state index contributed by atoms with van der Waals surface area (Å²) in [5.74, 6) is 0. The summed E-state index contributed by atoms with van der Waals surface area (Å²) in [4.78, 5) is 4.89. The summed E-state index contributed by atoms with van der Waals surface area (Å²) in [6.07, 6.45) is 2.16. The third-order valence-electron chi connectivity index (χ3n) is 4.14. The lowest BCUT2D eigenvalue weighted by atomic mass is 10.0. The Morgan fingerprint density at radius 2 is 1.39 bits per heavy atom. The fraction of sp³-hybridized carbons (Fsp3) is 0.0952. The van der Waals surface area contributed by atoms with Crippen LogP contribution in [0.1, 0.15) is 11.1 Å². The van der Waals surface area contributed by atoms with Crippen molar-refractivity contribution in [3.8, 4) is 22.5 Å². The molecule has 112 valence electrons. The molecule has 0 spiro atoms. The molecule has 2 aromatic carbocycles. The average molecular weight is 298 g/mol. The van der Waals surface area contributed by atoms with E-state index in [2.05, 4.69) is 85.1 Å². The Morgan fingerprint density at radius 1 is 0.696 bits per heavy atom. The summed E-state index contributed by atoms with van der Waals surface area (Å²) < 4.78 is 2.19. The molecule has 0 N–H and O–H groups in total. The van der Waals surface area contributed by atoms with Crippen LogP contribution in [0.15, 0.2) is 72.9 Å². The first-order valence-corrected chi connectivity index (χ1v) is 7.83. The first-order valence-electron chi connectivity index (χ1n) is 7.83. The van der Waals surface area contributed by atoms with Crippen LogP contribution >= 0.6 is 0 Å². The zero-order valence-electron chi connectivity index (χ0n) is 13.3. The van der Waals surface area contributed by atoms with Crippen molar-refractivity contribution < 1.29 is 0 Å². The summed E-state index contributed by atoms with van der Waals surface area (Å²) in [5, 5.41) is 0. The number of aromatic nitrogens is 2. The zero-order valence-corrected chi connectivity index (χ0v) is 13.3. The van der Waals surface area contributed by atoms with E-state index < -0.39 is 0 Å². The Balaban J connectivity index is 2.05. The normalized spacial score (nSPS) is 11.0. The molecule has 0 saturated carbocycles. The quantitative estimate of drug-likeness (QED) is 0.492. The van der Waals surface area contributed by atoms with Gasteiger partial charge in [0.25, 0.3) is 0 Å². The van der Waals surface area contributed by atoms with E-state index >= 15 is 0 Å². The molecule has 0 saturated heterocycles. The van der Waals surface area contributed by atoms with Crippen molar-refractivity contribution in [2.45, 2.75) is 13.8 Å². The maximum absolute atomic E-state index is 4.89. The predicted molar refractivity (Wildman–Crippen MR) is 95.5 cm³/mol. The lowest BCUT2D eigenvalue weighted by Gasteiger charge is -2.06. The van der Waals surface area contributed by atoms with E-state index in [0.717, 1.165) is 22.6 Å². The van der Waals surface area contributed by atoms with Crippen molar-refractivity contribution in [3.05, 3.63) is 84.1 Å². The van der Waals surface area contributed by atoms with Gasteiger partial charge in [0.05, 0.1) is 11.4 Å². The Morgan fingerprint density at radius 3 is 2.13 bits per heavy atom. The number of fused-ring (bicyclic) bond motifs is 1. The van der Waals surface area contributed by atoms with Crippen LogP contribution in [0.5, 0.6) is 0 Å². The highest BCUT2D eigenvalue weighted by molar-refractivity contribution is 5.82. The number of aryl methyl sites for hydroxylation is 2. The van der Waals surface area contributed by atoms with Gasteiger partial charge in [-0.3, -0.25) is 4.40 Å². The van der Waals surface area contributed by atoms with E-state index in [1.807, 2.05) is 6.07 Å². The second-order valence-electron chi connectivity index (χ2n) is 5.98. The van der Waals surface area contributed by atoms with Gasteiger partial charge in [-0.1, -0.05) is 66.2 Å². The predicted octanol–water partition coefficient (Wildman–Crippen LogP) is 5.29. The molecule has 0 bridgehead atoms. The molecule has 0 amide bonds. The third-order valence-corrected chi connectivity index (χ3v) is 4.14. The van der Waals surface area contributed by atoms with Crippen LogP contribution < -0.4 is 0 Å². The highest BCUT2D eigenvalue weighted by Gasteiger charge is 2.15. The van der Waals surface area contributed by atoms with Gasteiger partial charge in [0.1, 0.15) is 5.65 Å². The molecule has 0 unspecified atom stereocenters.